The summed E-state index contributed by atoms with van der Waals surface area (Å²) in [5, 5.41) is 13.7. The molecular formula is C12H21N3O2. The maximum absolute atomic E-state index is 10.4. The Morgan fingerprint density at radius 3 is 3.06 bits per heavy atom. The normalized spacial score (nSPS) is 30.7. The van der Waals surface area contributed by atoms with E-state index in [4.69, 9.17) is 4.74 Å². The van der Waals surface area contributed by atoms with Crippen LogP contribution in [0.15, 0.2) is 12.4 Å². The summed E-state index contributed by atoms with van der Waals surface area (Å²) in [6.45, 7) is 5.13. The quantitative estimate of drug-likeness (QED) is 0.808. The number of nitrogens with zero attached hydrogens (tertiary/aromatic N) is 2. The van der Waals surface area contributed by atoms with Gasteiger partial charge in [-0.3, -0.25) is 0 Å². The number of nitrogens with one attached hydrogen (secondary N) is 1. The molecule has 5 heteroatoms. The Morgan fingerprint density at radius 2 is 2.53 bits per heavy atom. The molecule has 1 aliphatic rings. The topological polar surface area (TPSA) is 59.3 Å². The molecule has 0 amide bonds. The zero-order chi connectivity index (χ0) is 12.5. The third-order valence-corrected chi connectivity index (χ3v) is 3.62. The molecule has 1 aliphatic heterocycles. The molecule has 2 heterocycles. The van der Waals surface area contributed by atoms with E-state index < -0.39 is 5.60 Å². The van der Waals surface area contributed by atoms with Gasteiger partial charge in [0, 0.05) is 39.0 Å². The maximum atomic E-state index is 10.4. The van der Waals surface area contributed by atoms with Gasteiger partial charge in [0.05, 0.1) is 12.1 Å². The monoisotopic (exact) mass is 239 g/mol. The first-order valence-electron chi connectivity index (χ1n) is 6.07. The van der Waals surface area contributed by atoms with Gasteiger partial charge in [-0.1, -0.05) is 0 Å². The van der Waals surface area contributed by atoms with Crippen molar-refractivity contribution in [3.05, 3.63) is 18.2 Å². The third-order valence-electron chi connectivity index (χ3n) is 3.62. The van der Waals surface area contributed by atoms with Crippen LogP contribution >= 0.6 is 0 Å². The molecule has 0 bridgehead atoms. The lowest BCUT2D eigenvalue weighted by atomic mass is 9.96. The van der Waals surface area contributed by atoms with Gasteiger partial charge < -0.3 is 19.7 Å². The molecule has 2 N–H and O–H groups in total. The molecule has 0 spiro atoms. The molecule has 0 aromatic carbocycles. The predicted octanol–water partition coefficient (Wildman–Crippen LogP) is 0.611. The number of rotatable bonds is 4. The van der Waals surface area contributed by atoms with E-state index in [0.717, 1.165) is 5.82 Å². The molecule has 3 unspecified atom stereocenters. The van der Waals surface area contributed by atoms with Gasteiger partial charge in [0.2, 0.25) is 0 Å². The zero-order valence-electron chi connectivity index (χ0n) is 10.7. The molecule has 5 nitrogen and oxygen atoms in total. The predicted molar refractivity (Wildman–Crippen MR) is 64.6 cm³/mol. The average molecular weight is 239 g/mol. The minimum Gasteiger partial charge on any atom is -0.386 e. The van der Waals surface area contributed by atoms with E-state index in [-0.39, 0.29) is 12.1 Å². The smallest absolute Gasteiger partial charge is 0.125 e. The van der Waals surface area contributed by atoms with Crippen LogP contribution in [0.5, 0.6) is 0 Å². The van der Waals surface area contributed by atoms with Crippen molar-refractivity contribution >= 4 is 0 Å². The lowest BCUT2D eigenvalue weighted by Crippen LogP contribution is -2.46. The van der Waals surface area contributed by atoms with Crippen molar-refractivity contribution in [1.29, 1.82) is 0 Å². The summed E-state index contributed by atoms with van der Waals surface area (Å²) in [6.07, 6.45) is 4.28. The number of imidazole rings is 1. The van der Waals surface area contributed by atoms with Gasteiger partial charge in [-0.15, -0.1) is 0 Å². The molecule has 2 rings (SSSR count). The summed E-state index contributed by atoms with van der Waals surface area (Å²) in [5.41, 5.74) is -0.751. The first-order chi connectivity index (χ1) is 8.03. The lowest BCUT2D eigenvalue weighted by molar-refractivity contribution is -0.0276. The molecule has 1 saturated heterocycles. The highest BCUT2D eigenvalue weighted by Crippen LogP contribution is 2.25. The van der Waals surface area contributed by atoms with Crippen molar-refractivity contribution in [2.24, 2.45) is 7.05 Å². The number of aliphatic hydroxyl groups is 1. The van der Waals surface area contributed by atoms with E-state index in [0.29, 0.717) is 19.6 Å². The maximum Gasteiger partial charge on any atom is 0.125 e. The van der Waals surface area contributed by atoms with Crippen LogP contribution in [0.1, 0.15) is 32.1 Å². The van der Waals surface area contributed by atoms with Crippen molar-refractivity contribution in [2.75, 3.05) is 13.2 Å². The number of aromatic nitrogens is 2. The molecule has 96 valence electrons. The average Bonchev–Trinajstić information content (AvgIpc) is 2.84. The van der Waals surface area contributed by atoms with E-state index in [2.05, 4.69) is 10.3 Å². The van der Waals surface area contributed by atoms with Gasteiger partial charge in [-0.05, 0) is 13.8 Å². The van der Waals surface area contributed by atoms with Crippen LogP contribution < -0.4 is 5.32 Å². The summed E-state index contributed by atoms with van der Waals surface area (Å²) < 4.78 is 7.39. The Bertz CT molecular complexity index is 380. The van der Waals surface area contributed by atoms with Gasteiger partial charge in [-0.25, -0.2) is 4.98 Å². The summed E-state index contributed by atoms with van der Waals surface area (Å²) >= 11 is 0. The lowest BCUT2D eigenvalue weighted by Gasteiger charge is -2.28. The van der Waals surface area contributed by atoms with Crippen molar-refractivity contribution in [1.82, 2.24) is 14.9 Å². The molecule has 0 saturated carbocycles. The third kappa shape index (κ3) is 2.51. The molecule has 0 aliphatic carbocycles. The van der Waals surface area contributed by atoms with Crippen LogP contribution in [-0.2, 0) is 11.8 Å². The minimum atomic E-state index is -0.751. The van der Waals surface area contributed by atoms with E-state index in [1.54, 1.807) is 6.20 Å². The van der Waals surface area contributed by atoms with Crippen LogP contribution in [0.3, 0.4) is 0 Å². The first kappa shape index (κ1) is 12.5. The van der Waals surface area contributed by atoms with E-state index in [1.807, 2.05) is 31.7 Å². The van der Waals surface area contributed by atoms with Crippen molar-refractivity contribution in [3.63, 3.8) is 0 Å². The number of hydrogen-bond acceptors (Lipinski definition) is 4. The van der Waals surface area contributed by atoms with Gasteiger partial charge in [0.15, 0.2) is 0 Å². The Balaban J connectivity index is 1.92. The number of hydrogen-bond donors (Lipinski definition) is 2. The molecule has 1 aromatic rings. The van der Waals surface area contributed by atoms with Crippen molar-refractivity contribution in [3.8, 4) is 0 Å². The largest absolute Gasteiger partial charge is 0.386 e. The van der Waals surface area contributed by atoms with Crippen LogP contribution in [0.2, 0.25) is 0 Å². The summed E-state index contributed by atoms with van der Waals surface area (Å²) in [4.78, 5) is 4.29. The van der Waals surface area contributed by atoms with E-state index in [1.165, 1.54) is 0 Å². The second-order valence-electron chi connectivity index (χ2n) is 4.87. The minimum absolute atomic E-state index is 0.108. The Morgan fingerprint density at radius 1 is 1.76 bits per heavy atom. The number of ether oxygens (including phenoxy) is 1. The fraction of sp³-hybridized carbons (Fsp3) is 0.750. The van der Waals surface area contributed by atoms with Crippen LogP contribution in [0.4, 0.5) is 0 Å². The molecule has 1 fully saturated rings. The Hall–Kier alpha value is -0.910. The second kappa shape index (κ2) is 4.76. The fourth-order valence-electron chi connectivity index (χ4n) is 2.22. The van der Waals surface area contributed by atoms with Crippen molar-refractivity contribution in [2.45, 2.75) is 38.0 Å². The summed E-state index contributed by atoms with van der Waals surface area (Å²) in [7, 11) is 1.97. The van der Waals surface area contributed by atoms with E-state index in [9.17, 15) is 5.11 Å². The van der Waals surface area contributed by atoms with Crippen LogP contribution in [0, 0.1) is 0 Å². The van der Waals surface area contributed by atoms with E-state index >= 15 is 0 Å². The molecule has 0 radical (unpaired) electrons. The SMILES string of the molecule is CC(NCC1(O)CCOC1C)c1nccn1C. The Labute approximate surface area is 102 Å². The highest BCUT2D eigenvalue weighted by Gasteiger charge is 2.39. The van der Waals surface area contributed by atoms with Gasteiger partial charge in [0.25, 0.3) is 0 Å². The first-order valence-corrected chi connectivity index (χ1v) is 6.07. The van der Waals surface area contributed by atoms with Crippen LogP contribution in [-0.4, -0.2) is 39.5 Å². The van der Waals surface area contributed by atoms with Gasteiger partial charge >= 0.3 is 0 Å². The van der Waals surface area contributed by atoms with Gasteiger partial charge in [-0.2, -0.15) is 0 Å². The molecule has 1 aromatic heterocycles. The second-order valence-corrected chi connectivity index (χ2v) is 4.87. The highest BCUT2D eigenvalue weighted by molar-refractivity contribution is 4.99. The number of aryl methyl sites for hydroxylation is 1. The zero-order valence-corrected chi connectivity index (χ0v) is 10.7. The summed E-state index contributed by atoms with van der Waals surface area (Å²) in [6, 6.07) is 0.117. The molecule has 17 heavy (non-hydrogen) atoms. The molecule has 3 atom stereocenters. The standard InChI is InChI=1S/C12H21N3O2/c1-9(11-13-5-6-15(11)3)14-8-12(16)4-7-17-10(12)2/h5-6,9-10,14,16H,4,7-8H2,1-3H3. The summed E-state index contributed by atoms with van der Waals surface area (Å²) in [5.74, 6) is 0.972. The Kier molecular flexibility index (Phi) is 3.51. The molecular weight excluding hydrogens is 218 g/mol. The highest BCUT2D eigenvalue weighted by atomic mass is 16.5. The van der Waals surface area contributed by atoms with Crippen molar-refractivity contribution < 1.29 is 9.84 Å². The fourth-order valence-corrected chi connectivity index (χ4v) is 2.22. The van der Waals surface area contributed by atoms with Crippen LogP contribution in [0.25, 0.3) is 0 Å². The van der Waals surface area contributed by atoms with Gasteiger partial charge in [0.1, 0.15) is 11.4 Å².